The molecule has 2 aliphatic rings. The van der Waals surface area contributed by atoms with E-state index >= 15 is 0 Å². The second kappa shape index (κ2) is 7.69. The summed E-state index contributed by atoms with van der Waals surface area (Å²) in [5.74, 6) is -1.99. The lowest BCUT2D eigenvalue weighted by Gasteiger charge is -2.33. The lowest BCUT2D eigenvalue weighted by molar-refractivity contribution is -0.0232. The summed E-state index contributed by atoms with van der Waals surface area (Å²) < 4.78 is 32.2. The number of nitrogens with zero attached hydrogens (tertiary/aromatic N) is 2. The molecule has 1 aromatic heterocycles. The number of ether oxygens (including phenoxy) is 1. The fourth-order valence-electron chi connectivity index (χ4n) is 3.30. The molecule has 140 valence electrons. The number of rotatable bonds is 2. The number of carbonyl (C=O) groups is 1. The summed E-state index contributed by atoms with van der Waals surface area (Å²) in [7, 11) is 0. The van der Waals surface area contributed by atoms with Gasteiger partial charge in [-0.15, -0.1) is 12.4 Å². The summed E-state index contributed by atoms with van der Waals surface area (Å²) in [5, 5.41) is 10.4. The Morgan fingerprint density at radius 3 is 2.96 bits per heavy atom. The molecule has 2 aromatic rings. The van der Waals surface area contributed by atoms with Crippen molar-refractivity contribution < 1.29 is 18.3 Å². The first-order valence-corrected chi connectivity index (χ1v) is 8.26. The van der Waals surface area contributed by atoms with Crippen LogP contribution in [0.2, 0.25) is 0 Å². The van der Waals surface area contributed by atoms with Crippen molar-refractivity contribution in [1.82, 2.24) is 20.4 Å². The van der Waals surface area contributed by atoms with E-state index in [9.17, 15) is 13.6 Å². The van der Waals surface area contributed by atoms with Crippen LogP contribution in [0.15, 0.2) is 18.2 Å². The molecule has 26 heavy (non-hydrogen) atoms. The highest BCUT2D eigenvalue weighted by atomic mass is 35.5. The number of halogens is 3. The molecule has 2 N–H and O–H groups in total. The summed E-state index contributed by atoms with van der Waals surface area (Å²) in [6.07, 6.45) is 0.330. The second-order valence-electron chi connectivity index (χ2n) is 6.24. The van der Waals surface area contributed by atoms with Crippen LogP contribution in [-0.4, -0.2) is 47.2 Å². The minimum atomic E-state index is -0.919. The smallest absolute Gasteiger partial charge is 0.274 e. The average molecular weight is 385 g/mol. The van der Waals surface area contributed by atoms with E-state index in [1.807, 2.05) is 0 Å². The molecule has 1 aromatic carbocycles. The Kier molecular flexibility index (Phi) is 5.55. The van der Waals surface area contributed by atoms with Gasteiger partial charge in [-0.3, -0.25) is 9.89 Å². The summed E-state index contributed by atoms with van der Waals surface area (Å²) in [5.41, 5.74) is 2.84. The van der Waals surface area contributed by atoms with Crippen LogP contribution >= 0.6 is 12.4 Å². The molecule has 9 heteroatoms. The maximum absolute atomic E-state index is 13.5. The molecule has 1 amide bonds. The highest BCUT2D eigenvalue weighted by molar-refractivity contribution is 5.94. The van der Waals surface area contributed by atoms with Crippen LogP contribution in [0.4, 0.5) is 8.78 Å². The van der Waals surface area contributed by atoms with Gasteiger partial charge in [0.1, 0.15) is 6.10 Å². The first kappa shape index (κ1) is 18.8. The highest BCUT2D eigenvalue weighted by Gasteiger charge is 2.30. The first-order chi connectivity index (χ1) is 12.1. The van der Waals surface area contributed by atoms with Crippen molar-refractivity contribution in [3.05, 3.63) is 52.3 Å². The molecule has 1 atom stereocenters. The Bertz CT molecular complexity index is 814. The largest absolute Gasteiger partial charge is 0.370 e. The SMILES string of the molecule is Cl.O=C(c1n[nH]c2c1CNCC2)N1CCOC(c2ccc(F)c(F)c2)C1. The first-order valence-electron chi connectivity index (χ1n) is 8.26. The van der Waals surface area contributed by atoms with Gasteiger partial charge in [0.2, 0.25) is 0 Å². The van der Waals surface area contributed by atoms with E-state index in [-0.39, 0.29) is 24.9 Å². The van der Waals surface area contributed by atoms with Crippen molar-refractivity contribution >= 4 is 18.3 Å². The molecular weight excluding hydrogens is 366 g/mol. The second-order valence-corrected chi connectivity index (χ2v) is 6.24. The van der Waals surface area contributed by atoms with Crippen molar-refractivity contribution in [3.63, 3.8) is 0 Å². The minimum Gasteiger partial charge on any atom is -0.370 e. The lowest BCUT2D eigenvalue weighted by atomic mass is 10.0. The number of hydrogen-bond donors (Lipinski definition) is 2. The Balaban J connectivity index is 0.00000196. The van der Waals surface area contributed by atoms with Gasteiger partial charge in [-0.1, -0.05) is 6.07 Å². The van der Waals surface area contributed by atoms with E-state index in [2.05, 4.69) is 15.5 Å². The van der Waals surface area contributed by atoms with Gasteiger partial charge in [-0.25, -0.2) is 8.78 Å². The summed E-state index contributed by atoms with van der Waals surface area (Å²) >= 11 is 0. The normalized spacial score (nSPS) is 19.6. The van der Waals surface area contributed by atoms with E-state index < -0.39 is 17.7 Å². The zero-order valence-electron chi connectivity index (χ0n) is 13.9. The van der Waals surface area contributed by atoms with Crippen LogP contribution in [0.1, 0.15) is 33.4 Å². The number of amides is 1. The Hall–Kier alpha value is -2.03. The molecule has 1 fully saturated rings. The Morgan fingerprint density at radius 1 is 1.31 bits per heavy atom. The molecule has 0 spiro atoms. The van der Waals surface area contributed by atoms with Crippen LogP contribution < -0.4 is 5.32 Å². The van der Waals surface area contributed by atoms with E-state index in [4.69, 9.17) is 4.74 Å². The lowest BCUT2D eigenvalue weighted by Crippen LogP contribution is -2.43. The zero-order valence-corrected chi connectivity index (χ0v) is 14.7. The highest BCUT2D eigenvalue weighted by Crippen LogP contribution is 2.25. The Morgan fingerprint density at radius 2 is 2.15 bits per heavy atom. The van der Waals surface area contributed by atoms with Gasteiger partial charge in [0.15, 0.2) is 17.3 Å². The van der Waals surface area contributed by atoms with Gasteiger partial charge in [0, 0.05) is 37.3 Å². The monoisotopic (exact) mass is 384 g/mol. The number of fused-ring (bicyclic) bond motifs is 1. The van der Waals surface area contributed by atoms with Gasteiger partial charge in [0.25, 0.3) is 5.91 Å². The zero-order chi connectivity index (χ0) is 17.4. The van der Waals surface area contributed by atoms with Crippen LogP contribution in [0, 0.1) is 11.6 Å². The van der Waals surface area contributed by atoms with Gasteiger partial charge in [0.05, 0.1) is 13.2 Å². The number of aromatic nitrogens is 2. The third kappa shape index (κ3) is 3.44. The molecule has 1 saturated heterocycles. The van der Waals surface area contributed by atoms with E-state index in [0.717, 1.165) is 36.4 Å². The molecule has 4 rings (SSSR count). The molecule has 1 unspecified atom stereocenters. The summed E-state index contributed by atoms with van der Waals surface area (Å²) in [6, 6.07) is 3.68. The maximum Gasteiger partial charge on any atom is 0.274 e. The number of nitrogens with one attached hydrogen (secondary N) is 2. The van der Waals surface area contributed by atoms with E-state index in [1.54, 1.807) is 4.90 Å². The number of benzene rings is 1. The molecule has 6 nitrogen and oxygen atoms in total. The topological polar surface area (TPSA) is 70.2 Å². The number of aromatic amines is 1. The maximum atomic E-state index is 13.5. The van der Waals surface area contributed by atoms with Crippen molar-refractivity contribution in [3.8, 4) is 0 Å². The minimum absolute atomic E-state index is 0. The van der Waals surface area contributed by atoms with Crippen molar-refractivity contribution in [2.75, 3.05) is 26.2 Å². The van der Waals surface area contributed by atoms with Gasteiger partial charge < -0.3 is 15.0 Å². The fourth-order valence-corrected chi connectivity index (χ4v) is 3.30. The number of H-pyrrole nitrogens is 1. The third-order valence-corrected chi connectivity index (χ3v) is 4.68. The molecule has 3 heterocycles. The predicted octanol–water partition coefficient (Wildman–Crippen LogP) is 1.97. The molecule has 0 saturated carbocycles. The van der Waals surface area contributed by atoms with Gasteiger partial charge >= 0.3 is 0 Å². The van der Waals surface area contributed by atoms with Gasteiger partial charge in [-0.2, -0.15) is 5.10 Å². The number of morpholine rings is 1. The van der Waals surface area contributed by atoms with Gasteiger partial charge in [-0.05, 0) is 17.7 Å². The van der Waals surface area contributed by atoms with Crippen LogP contribution in [0.3, 0.4) is 0 Å². The molecular formula is C17H19ClF2N4O2. The molecule has 0 aliphatic carbocycles. The van der Waals surface area contributed by atoms with Crippen LogP contribution in [-0.2, 0) is 17.7 Å². The summed E-state index contributed by atoms with van der Waals surface area (Å²) in [6.45, 7) is 2.52. The fraction of sp³-hybridized carbons (Fsp3) is 0.412. The summed E-state index contributed by atoms with van der Waals surface area (Å²) in [4.78, 5) is 14.5. The van der Waals surface area contributed by atoms with E-state index in [1.165, 1.54) is 6.07 Å². The predicted molar refractivity (Wildman–Crippen MR) is 92.2 cm³/mol. The average Bonchev–Trinajstić information content (AvgIpc) is 3.07. The van der Waals surface area contributed by atoms with Crippen LogP contribution in [0.25, 0.3) is 0 Å². The molecule has 0 bridgehead atoms. The number of carbonyl (C=O) groups excluding carboxylic acids is 1. The quantitative estimate of drug-likeness (QED) is 0.830. The van der Waals surface area contributed by atoms with Crippen molar-refractivity contribution in [2.45, 2.75) is 19.1 Å². The van der Waals surface area contributed by atoms with E-state index in [0.29, 0.717) is 31.0 Å². The standard InChI is InChI=1S/C17H18F2N4O2.ClH/c18-12-2-1-10(7-13(12)19)15-9-23(5-6-25-15)17(24)16-11-8-20-4-3-14(11)21-22-16;/h1-2,7,15,20H,3-6,8-9H2,(H,21,22);1H. The van der Waals surface area contributed by atoms with Crippen molar-refractivity contribution in [1.29, 1.82) is 0 Å². The number of hydrogen-bond acceptors (Lipinski definition) is 4. The van der Waals surface area contributed by atoms with Crippen molar-refractivity contribution in [2.24, 2.45) is 0 Å². The third-order valence-electron chi connectivity index (χ3n) is 4.68. The Labute approximate surface area is 155 Å². The molecule has 0 radical (unpaired) electrons. The molecule has 2 aliphatic heterocycles. The van der Waals surface area contributed by atoms with Crippen LogP contribution in [0.5, 0.6) is 0 Å².